The first-order valence-corrected chi connectivity index (χ1v) is 5.88. The third-order valence-electron chi connectivity index (χ3n) is 2.77. The van der Waals surface area contributed by atoms with Crippen LogP contribution in [0.15, 0.2) is 4.42 Å². The highest BCUT2D eigenvalue weighted by atomic mass is 16.4. The first-order chi connectivity index (χ1) is 7.70. The van der Waals surface area contributed by atoms with Gasteiger partial charge in [-0.05, 0) is 12.8 Å². The number of hydrogen-bond donors (Lipinski definition) is 1. The number of aromatic nitrogens is 2. The van der Waals surface area contributed by atoms with Crippen molar-refractivity contribution in [3.05, 3.63) is 11.8 Å². The van der Waals surface area contributed by atoms with E-state index in [-0.39, 0.29) is 12.5 Å². The smallest absolute Gasteiger partial charge is 0.230 e. The molecule has 1 N–H and O–H groups in total. The van der Waals surface area contributed by atoms with Crippen LogP contribution in [0.3, 0.4) is 0 Å². The first-order valence-electron chi connectivity index (χ1n) is 5.88. The molecule has 1 saturated carbocycles. The number of rotatable bonds is 6. The van der Waals surface area contributed by atoms with Crippen LogP contribution in [0, 0.1) is 0 Å². The number of hydrogen-bond acceptors (Lipinski definition) is 5. The molecule has 0 saturated heterocycles. The van der Waals surface area contributed by atoms with Crippen molar-refractivity contribution in [1.82, 2.24) is 15.1 Å². The molecule has 1 heterocycles. The topological polar surface area (TPSA) is 62.4 Å². The summed E-state index contributed by atoms with van der Waals surface area (Å²) < 4.78 is 5.55. The van der Waals surface area contributed by atoms with Crippen LogP contribution in [0.25, 0.3) is 0 Å². The van der Waals surface area contributed by atoms with Crippen LogP contribution < -0.4 is 0 Å². The molecule has 1 fully saturated rings. The second-order valence-electron chi connectivity index (χ2n) is 4.61. The predicted molar refractivity (Wildman–Crippen MR) is 58.9 cm³/mol. The summed E-state index contributed by atoms with van der Waals surface area (Å²) in [6, 6.07) is 0.599. The molecule has 90 valence electrons. The molecule has 0 spiro atoms. The van der Waals surface area contributed by atoms with Gasteiger partial charge in [0.05, 0.1) is 13.2 Å². The Kier molecular flexibility index (Phi) is 3.56. The average molecular weight is 225 g/mol. The maximum atomic E-state index is 8.98. The minimum atomic E-state index is 0.182. The van der Waals surface area contributed by atoms with E-state index in [1.807, 2.05) is 13.8 Å². The van der Waals surface area contributed by atoms with Gasteiger partial charge in [-0.3, -0.25) is 4.90 Å². The van der Waals surface area contributed by atoms with Crippen molar-refractivity contribution in [2.45, 2.75) is 45.2 Å². The Labute approximate surface area is 95.5 Å². The van der Waals surface area contributed by atoms with Crippen molar-refractivity contribution in [1.29, 1.82) is 0 Å². The summed E-state index contributed by atoms with van der Waals surface area (Å²) in [6.45, 7) is 5.59. The summed E-state index contributed by atoms with van der Waals surface area (Å²) in [7, 11) is 0. The Morgan fingerprint density at radius 3 is 2.69 bits per heavy atom. The fourth-order valence-corrected chi connectivity index (χ4v) is 1.70. The van der Waals surface area contributed by atoms with Crippen LogP contribution in [0.1, 0.15) is 44.4 Å². The molecule has 1 aromatic heterocycles. The van der Waals surface area contributed by atoms with Gasteiger partial charge in [0.1, 0.15) is 0 Å². The molecule has 0 radical (unpaired) electrons. The molecule has 1 aliphatic rings. The van der Waals surface area contributed by atoms with Gasteiger partial charge >= 0.3 is 0 Å². The normalized spacial score (nSPS) is 16.3. The molecular formula is C11H19N3O2. The van der Waals surface area contributed by atoms with E-state index in [1.165, 1.54) is 12.8 Å². The van der Waals surface area contributed by atoms with Crippen molar-refractivity contribution in [3.8, 4) is 0 Å². The fourth-order valence-electron chi connectivity index (χ4n) is 1.70. The molecule has 1 aliphatic carbocycles. The summed E-state index contributed by atoms with van der Waals surface area (Å²) in [6.07, 6.45) is 2.43. The van der Waals surface area contributed by atoms with Gasteiger partial charge in [0.25, 0.3) is 0 Å². The van der Waals surface area contributed by atoms with E-state index < -0.39 is 0 Å². The lowest BCUT2D eigenvalue weighted by Crippen LogP contribution is -2.28. The molecule has 2 rings (SSSR count). The zero-order valence-electron chi connectivity index (χ0n) is 9.89. The van der Waals surface area contributed by atoms with E-state index in [0.717, 1.165) is 0 Å². The fraction of sp³-hybridized carbons (Fsp3) is 0.818. The van der Waals surface area contributed by atoms with E-state index in [2.05, 4.69) is 15.1 Å². The minimum absolute atomic E-state index is 0.182. The van der Waals surface area contributed by atoms with Crippen molar-refractivity contribution in [2.75, 3.05) is 13.2 Å². The summed E-state index contributed by atoms with van der Waals surface area (Å²) in [5, 5.41) is 17.0. The predicted octanol–water partition coefficient (Wildman–Crippen LogP) is 1.15. The molecule has 0 amide bonds. The molecule has 5 heteroatoms. The van der Waals surface area contributed by atoms with Crippen molar-refractivity contribution >= 4 is 0 Å². The maximum Gasteiger partial charge on any atom is 0.230 e. The third kappa shape index (κ3) is 2.80. The van der Waals surface area contributed by atoms with Crippen LogP contribution >= 0.6 is 0 Å². The molecule has 0 atom stereocenters. The van der Waals surface area contributed by atoms with E-state index in [4.69, 9.17) is 9.52 Å². The van der Waals surface area contributed by atoms with E-state index in [9.17, 15) is 0 Å². The minimum Gasteiger partial charge on any atom is -0.424 e. The van der Waals surface area contributed by atoms with Crippen molar-refractivity contribution < 1.29 is 9.52 Å². The number of aliphatic hydroxyl groups is 1. The molecule has 0 bridgehead atoms. The van der Waals surface area contributed by atoms with E-state index in [0.29, 0.717) is 30.9 Å². The lowest BCUT2D eigenvalue weighted by atomic mass is 10.2. The van der Waals surface area contributed by atoms with Crippen LogP contribution in [-0.2, 0) is 6.54 Å². The molecular weight excluding hydrogens is 206 g/mol. The van der Waals surface area contributed by atoms with Gasteiger partial charge in [-0.1, -0.05) is 13.8 Å². The summed E-state index contributed by atoms with van der Waals surface area (Å²) in [4.78, 5) is 2.21. The first kappa shape index (κ1) is 11.5. The zero-order valence-corrected chi connectivity index (χ0v) is 9.89. The largest absolute Gasteiger partial charge is 0.424 e. The molecule has 0 unspecified atom stereocenters. The Morgan fingerprint density at radius 1 is 1.44 bits per heavy atom. The lowest BCUT2D eigenvalue weighted by Gasteiger charge is -2.18. The van der Waals surface area contributed by atoms with Gasteiger partial charge in [0.2, 0.25) is 11.8 Å². The third-order valence-corrected chi connectivity index (χ3v) is 2.77. The molecule has 16 heavy (non-hydrogen) atoms. The Hall–Kier alpha value is -0.940. The Bertz CT molecular complexity index is 334. The second kappa shape index (κ2) is 4.93. The summed E-state index contributed by atoms with van der Waals surface area (Å²) in [5.41, 5.74) is 0. The van der Waals surface area contributed by atoms with E-state index in [1.54, 1.807) is 0 Å². The second-order valence-corrected chi connectivity index (χ2v) is 4.61. The van der Waals surface area contributed by atoms with Gasteiger partial charge in [0, 0.05) is 18.5 Å². The van der Waals surface area contributed by atoms with Gasteiger partial charge in [-0.15, -0.1) is 10.2 Å². The van der Waals surface area contributed by atoms with Crippen LogP contribution in [0.2, 0.25) is 0 Å². The van der Waals surface area contributed by atoms with E-state index >= 15 is 0 Å². The van der Waals surface area contributed by atoms with Crippen LogP contribution in [0.5, 0.6) is 0 Å². The molecule has 0 aromatic carbocycles. The highest BCUT2D eigenvalue weighted by molar-refractivity contribution is 4.90. The average Bonchev–Trinajstić information content (AvgIpc) is 2.98. The number of aliphatic hydroxyl groups excluding tert-OH is 1. The van der Waals surface area contributed by atoms with Gasteiger partial charge in [-0.25, -0.2) is 0 Å². The van der Waals surface area contributed by atoms with Gasteiger partial charge in [0.15, 0.2) is 0 Å². The quantitative estimate of drug-likeness (QED) is 0.787. The molecule has 1 aromatic rings. The monoisotopic (exact) mass is 225 g/mol. The SMILES string of the molecule is CC(C)c1nnc(CN(CCO)C2CC2)o1. The van der Waals surface area contributed by atoms with Gasteiger partial charge in [-0.2, -0.15) is 0 Å². The van der Waals surface area contributed by atoms with Crippen LogP contribution in [-0.4, -0.2) is 39.4 Å². The standard InChI is InChI=1S/C11H19N3O2/c1-8(2)11-13-12-10(16-11)7-14(5-6-15)9-3-4-9/h8-9,15H,3-7H2,1-2H3. The number of nitrogens with zero attached hydrogens (tertiary/aromatic N) is 3. The Balaban J connectivity index is 1.95. The maximum absolute atomic E-state index is 8.98. The highest BCUT2D eigenvalue weighted by Crippen LogP contribution is 2.27. The zero-order chi connectivity index (χ0) is 11.5. The van der Waals surface area contributed by atoms with Crippen molar-refractivity contribution in [3.63, 3.8) is 0 Å². The lowest BCUT2D eigenvalue weighted by molar-refractivity contribution is 0.170. The van der Waals surface area contributed by atoms with Gasteiger partial charge < -0.3 is 9.52 Å². The molecule has 5 nitrogen and oxygen atoms in total. The Morgan fingerprint density at radius 2 is 2.19 bits per heavy atom. The van der Waals surface area contributed by atoms with Crippen molar-refractivity contribution in [2.24, 2.45) is 0 Å². The summed E-state index contributed by atoms with van der Waals surface area (Å²) in [5.74, 6) is 1.62. The summed E-state index contributed by atoms with van der Waals surface area (Å²) >= 11 is 0. The van der Waals surface area contributed by atoms with Crippen LogP contribution in [0.4, 0.5) is 0 Å². The molecule has 0 aliphatic heterocycles. The highest BCUT2D eigenvalue weighted by Gasteiger charge is 2.29.